The number of amides is 1. The molecule has 1 unspecified atom stereocenters. The van der Waals surface area contributed by atoms with Crippen molar-refractivity contribution in [3.63, 3.8) is 0 Å². The smallest absolute Gasteiger partial charge is 0.226 e. The van der Waals surface area contributed by atoms with Crippen LogP contribution in [0.3, 0.4) is 0 Å². The summed E-state index contributed by atoms with van der Waals surface area (Å²) in [6, 6.07) is 8.12. The largest absolute Gasteiger partial charge is 0.486 e. The fraction of sp³-hybridized carbons (Fsp3) is 0.600. The highest BCUT2D eigenvalue weighted by atomic mass is 35.5. The summed E-state index contributed by atoms with van der Waals surface area (Å²) in [6.45, 7) is 0.856. The molecule has 0 radical (unpaired) electrons. The first-order valence-corrected chi connectivity index (χ1v) is 9.81. The summed E-state index contributed by atoms with van der Waals surface area (Å²) < 4.78 is 5.62. The minimum atomic E-state index is -0.142. The number of nitrogens with zero attached hydrogens (tertiary/aromatic N) is 1. The highest BCUT2D eigenvalue weighted by Crippen LogP contribution is 2.32. The Morgan fingerprint density at radius 2 is 1.92 bits per heavy atom. The molecular weight excluding hydrogens is 338 g/mol. The van der Waals surface area contributed by atoms with Crippen molar-refractivity contribution in [1.82, 2.24) is 4.90 Å². The van der Waals surface area contributed by atoms with Crippen LogP contribution < -0.4 is 4.74 Å². The van der Waals surface area contributed by atoms with Crippen molar-refractivity contribution < 1.29 is 14.3 Å². The standard InChI is InChI=1S/C20H26ClNO3/c21-13-18(23)14-25-19-9-5-4-6-15(19)12-16-10-11-22(20(16)24)17-7-2-1-3-8-17/h4-6,9,16-17H,1-3,7-8,10-14H2. The van der Waals surface area contributed by atoms with Gasteiger partial charge >= 0.3 is 0 Å². The maximum Gasteiger partial charge on any atom is 0.226 e. The van der Waals surface area contributed by atoms with Crippen LogP contribution in [-0.4, -0.2) is 41.7 Å². The molecule has 25 heavy (non-hydrogen) atoms. The second-order valence-corrected chi connectivity index (χ2v) is 7.35. The number of ketones is 1. The number of alkyl halides is 1. The van der Waals surface area contributed by atoms with Crippen LogP contribution >= 0.6 is 11.6 Å². The Balaban J connectivity index is 1.62. The van der Waals surface area contributed by atoms with Crippen molar-refractivity contribution >= 4 is 23.3 Å². The van der Waals surface area contributed by atoms with Gasteiger partial charge in [-0.2, -0.15) is 0 Å². The van der Waals surface area contributed by atoms with Gasteiger partial charge in [0.25, 0.3) is 0 Å². The molecule has 1 heterocycles. The molecule has 0 aromatic heterocycles. The van der Waals surface area contributed by atoms with Gasteiger partial charge in [0.05, 0.1) is 5.88 Å². The molecule has 0 bridgehead atoms. The number of hydrogen-bond acceptors (Lipinski definition) is 3. The summed E-state index contributed by atoms with van der Waals surface area (Å²) in [7, 11) is 0. The van der Waals surface area contributed by atoms with E-state index in [1.807, 2.05) is 24.3 Å². The second-order valence-electron chi connectivity index (χ2n) is 7.08. The van der Waals surface area contributed by atoms with E-state index in [2.05, 4.69) is 4.90 Å². The first kappa shape index (κ1) is 18.2. The van der Waals surface area contributed by atoms with Gasteiger partial charge in [0.2, 0.25) is 5.91 Å². The zero-order valence-corrected chi connectivity index (χ0v) is 15.3. The highest BCUT2D eigenvalue weighted by molar-refractivity contribution is 6.27. The summed E-state index contributed by atoms with van der Waals surface area (Å²) >= 11 is 5.52. The van der Waals surface area contributed by atoms with Gasteiger partial charge in [0, 0.05) is 18.5 Å². The summed E-state index contributed by atoms with van der Waals surface area (Å²) in [5.41, 5.74) is 0.994. The van der Waals surface area contributed by atoms with Crippen LogP contribution in [0.15, 0.2) is 24.3 Å². The third-order valence-corrected chi connectivity index (χ3v) is 5.64. The van der Waals surface area contributed by atoms with E-state index in [1.165, 1.54) is 19.3 Å². The maximum absolute atomic E-state index is 12.8. The lowest BCUT2D eigenvalue weighted by Gasteiger charge is -2.31. The number of Topliss-reactive ketones (excluding diaryl/α,β-unsaturated/α-hetero) is 1. The molecule has 1 saturated heterocycles. The Bertz CT molecular complexity index is 613. The molecule has 5 heteroatoms. The number of halogens is 1. The van der Waals surface area contributed by atoms with Crippen LogP contribution in [0.2, 0.25) is 0 Å². The Morgan fingerprint density at radius 3 is 2.68 bits per heavy atom. The lowest BCUT2D eigenvalue weighted by molar-refractivity contribution is -0.133. The van der Waals surface area contributed by atoms with Gasteiger partial charge < -0.3 is 9.64 Å². The Morgan fingerprint density at radius 1 is 1.16 bits per heavy atom. The van der Waals surface area contributed by atoms with Gasteiger partial charge in [-0.05, 0) is 37.3 Å². The number of carbonyl (C=O) groups is 2. The summed E-state index contributed by atoms with van der Waals surface area (Å²) in [5, 5.41) is 0. The normalized spacial score (nSPS) is 21.6. The average Bonchev–Trinajstić information content (AvgIpc) is 3.02. The molecule has 1 aromatic carbocycles. The van der Waals surface area contributed by atoms with E-state index >= 15 is 0 Å². The molecule has 1 amide bonds. The predicted molar refractivity (Wildman–Crippen MR) is 98.1 cm³/mol. The van der Waals surface area contributed by atoms with Gasteiger partial charge in [-0.25, -0.2) is 0 Å². The van der Waals surface area contributed by atoms with Gasteiger partial charge in [-0.1, -0.05) is 37.5 Å². The minimum Gasteiger partial charge on any atom is -0.486 e. The summed E-state index contributed by atoms with van der Waals surface area (Å²) in [6.07, 6.45) is 7.66. The number of carbonyl (C=O) groups excluding carboxylic acids is 2. The quantitative estimate of drug-likeness (QED) is 0.695. The average molecular weight is 364 g/mol. The molecule has 2 fully saturated rings. The SMILES string of the molecule is O=C(CCl)COc1ccccc1CC1CCN(C2CCCCC2)C1=O. The van der Waals surface area contributed by atoms with Gasteiger partial charge in [0.15, 0.2) is 5.78 Å². The van der Waals surface area contributed by atoms with E-state index in [0.717, 1.165) is 31.4 Å². The minimum absolute atomic E-state index is 0.0205. The monoisotopic (exact) mass is 363 g/mol. The van der Waals surface area contributed by atoms with Crippen molar-refractivity contribution in [3.05, 3.63) is 29.8 Å². The third kappa shape index (κ3) is 4.55. The number of hydrogen-bond donors (Lipinski definition) is 0. The number of likely N-dealkylation sites (tertiary alicyclic amines) is 1. The number of ether oxygens (including phenoxy) is 1. The first-order chi connectivity index (χ1) is 12.2. The van der Waals surface area contributed by atoms with Crippen LogP contribution in [0.25, 0.3) is 0 Å². The summed E-state index contributed by atoms with van der Waals surface area (Å²) in [5.74, 6) is 0.815. The molecule has 1 aliphatic heterocycles. The van der Waals surface area contributed by atoms with E-state index < -0.39 is 0 Å². The van der Waals surface area contributed by atoms with Crippen molar-refractivity contribution in [3.8, 4) is 5.75 Å². The molecule has 1 aromatic rings. The lowest BCUT2D eigenvalue weighted by atomic mass is 9.94. The van der Waals surface area contributed by atoms with Crippen LogP contribution in [0.1, 0.15) is 44.1 Å². The molecule has 3 rings (SSSR count). The van der Waals surface area contributed by atoms with Crippen LogP contribution in [0.4, 0.5) is 0 Å². The molecule has 4 nitrogen and oxygen atoms in total. The molecule has 136 valence electrons. The van der Waals surface area contributed by atoms with Crippen LogP contribution in [0, 0.1) is 5.92 Å². The first-order valence-electron chi connectivity index (χ1n) is 9.28. The number of rotatable bonds is 7. The zero-order valence-electron chi connectivity index (χ0n) is 14.6. The molecule has 1 aliphatic carbocycles. The van der Waals surface area contributed by atoms with Gasteiger partial charge in [-0.3, -0.25) is 9.59 Å². The van der Waals surface area contributed by atoms with E-state index in [9.17, 15) is 9.59 Å². The lowest BCUT2D eigenvalue weighted by Crippen LogP contribution is -2.39. The number of para-hydroxylation sites is 1. The van der Waals surface area contributed by atoms with Crippen LogP contribution in [0.5, 0.6) is 5.75 Å². The fourth-order valence-electron chi connectivity index (χ4n) is 3.98. The molecular formula is C20H26ClNO3. The Labute approximate surface area is 154 Å². The van der Waals surface area contributed by atoms with E-state index in [0.29, 0.717) is 24.1 Å². The van der Waals surface area contributed by atoms with Crippen molar-refractivity contribution in [2.45, 2.75) is 51.0 Å². The van der Waals surface area contributed by atoms with Crippen LogP contribution in [-0.2, 0) is 16.0 Å². The highest BCUT2D eigenvalue weighted by Gasteiger charge is 2.36. The Kier molecular flexibility index (Phi) is 6.35. The van der Waals surface area contributed by atoms with Crippen molar-refractivity contribution in [2.24, 2.45) is 5.92 Å². The molecule has 1 saturated carbocycles. The maximum atomic E-state index is 12.8. The second kappa shape index (κ2) is 8.70. The van der Waals surface area contributed by atoms with E-state index in [1.54, 1.807) is 0 Å². The fourth-order valence-corrected chi connectivity index (χ4v) is 4.06. The third-order valence-electron chi connectivity index (χ3n) is 5.34. The van der Waals surface area contributed by atoms with Gasteiger partial charge in [-0.15, -0.1) is 11.6 Å². The van der Waals surface area contributed by atoms with Crippen molar-refractivity contribution in [1.29, 1.82) is 0 Å². The topological polar surface area (TPSA) is 46.6 Å². The zero-order chi connectivity index (χ0) is 17.6. The van der Waals surface area contributed by atoms with E-state index in [4.69, 9.17) is 16.3 Å². The summed E-state index contributed by atoms with van der Waals surface area (Å²) in [4.78, 5) is 26.4. The molecule has 1 atom stereocenters. The molecule has 0 N–H and O–H groups in total. The molecule has 2 aliphatic rings. The van der Waals surface area contributed by atoms with E-state index in [-0.39, 0.29) is 24.2 Å². The Hall–Kier alpha value is -1.55. The van der Waals surface area contributed by atoms with Crippen molar-refractivity contribution in [2.75, 3.05) is 19.0 Å². The molecule has 0 spiro atoms. The number of benzene rings is 1. The van der Waals surface area contributed by atoms with Gasteiger partial charge in [0.1, 0.15) is 12.4 Å². The predicted octanol–water partition coefficient (Wildman–Crippen LogP) is 3.60.